The molecule has 1 unspecified atom stereocenters. The van der Waals surface area contributed by atoms with Gasteiger partial charge in [-0.05, 0) is 51.5 Å². The molecular formula is C15H24FN3. The molecule has 0 amide bonds. The summed E-state index contributed by atoms with van der Waals surface area (Å²) >= 11 is 0. The summed E-state index contributed by atoms with van der Waals surface area (Å²) in [7, 11) is 4.12. The summed E-state index contributed by atoms with van der Waals surface area (Å²) in [4.78, 5) is 4.40. The van der Waals surface area contributed by atoms with Crippen molar-refractivity contribution in [2.75, 3.05) is 32.1 Å². The zero-order valence-electron chi connectivity index (χ0n) is 12.1. The molecule has 1 saturated heterocycles. The Bertz CT molecular complexity index is 425. The number of halogens is 1. The van der Waals surface area contributed by atoms with Crippen LogP contribution in [0.2, 0.25) is 0 Å². The highest BCUT2D eigenvalue weighted by Crippen LogP contribution is 2.31. The van der Waals surface area contributed by atoms with Gasteiger partial charge in [0.25, 0.3) is 0 Å². The lowest BCUT2D eigenvalue weighted by molar-refractivity contribution is 0.252. The maximum Gasteiger partial charge on any atom is 0.146 e. The molecule has 4 heteroatoms. The quantitative estimate of drug-likeness (QED) is 0.910. The van der Waals surface area contributed by atoms with Gasteiger partial charge in [0.05, 0.1) is 5.69 Å². The number of rotatable bonds is 3. The largest absolute Gasteiger partial charge is 0.369 e. The molecule has 2 rings (SSSR count). The minimum atomic E-state index is -0.170. The van der Waals surface area contributed by atoms with Gasteiger partial charge in [-0.25, -0.2) is 4.39 Å². The fraction of sp³-hybridized carbons (Fsp3) is 0.600. The number of hydrogen-bond acceptors (Lipinski definition) is 3. The van der Waals surface area contributed by atoms with Crippen LogP contribution >= 0.6 is 0 Å². The Labute approximate surface area is 115 Å². The Kier molecular flexibility index (Phi) is 4.42. The first kappa shape index (κ1) is 14.3. The zero-order valence-corrected chi connectivity index (χ0v) is 12.1. The molecule has 19 heavy (non-hydrogen) atoms. The van der Waals surface area contributed by atoms with E-state index in [2.05, 4.69) is 16.8 Å². The first-order valence-corrected chi connectivity index (χ1v) is 6.96. The monoisotopic (exact) mass is 265 g/mol. The Hall–Kier alpha value is -1.13. The van der Waals surface area contributed by atoms with Gasteiger partial charge in [0.1, 0.15) is 5.82 Å². The minimum Gasteiger partial charge on any atom is -0.369 e. The van der Waals surface area contributed by atoms with Crippen molar-refractivity contribution < 1.29 is 4.39 Å². The van der Waals surface area contributed by atoms with E-state index < -0.39 is 0 Å². The second-order valence-electron chi connectivity index (χ2n) is 5.61. The van der Waals surface area contributed by atoms with Crippen molar-refractivity contribution in [1.29, 1.82) is 0 Å². The Balaban J connectivity index is 2.25. The topological polar surface area (TPSA) is 32.5 Å². The number of piperidine rings is 1. The third-order valence-corrected chi connectivity index (χ3v) is 4.10. The third-order valence-electron chi connectivity index (χ3n) is 4.10. The highest BCUT2D eigenvalue weighted by atomic mass is 19.1. The summed E-state index contributed by atoms with van der Waals surface area (Å²) in [5.74, 6) is -0.170. The van der Waals surface area contributed by atoms with Crippen LogP contribution in [0.3, 0.4) is 0 Å². The van der Waals surface area contributed by atoms with E-state index in [1.165, 1.54) is 6.07 Å². The van der Waals surface area contributed by atoms with Gasteiger partial charge in [-0.1, -0.05) is 12.1 Å². The van der Waals surface area contributed by atoms with Gasteiger partial charge in [0.15, 0.2) is 0 Å². The molecule has 3 nitrogen and oxygen atoms in total. The molecule has 1 atom stereocenters. The fourth-order valence-electron chi connectivity index (χ4n) is 2.84. The van der Waals surface area contributed by atoms with Gasteiger partial charge in [0, 0.05) is 19.1 Å². The molecule has 0 saturated carbocycles. The molecule has 0 bridgehead atoms. The standard InChI is InChI=1S/C15H24FN3/c1-11(17)13-5-4-6-14(16)15(13)19(3)12-7-9-18(2)10-8-12/h4-6,11-12H,7-10,17H2,1-3H3. The molecule has 0 spiro atoms. The van der Waals surface area contributed by atoms with Crippen LogP contribution in [0.15, 0.2) is 18.2 Å². The molecule has 106 valence electrons. The third kappa shape index (κ3) is 3.07. The van der Waals surface area contributed by atoms with Crippen molar-refractivity contribution in [2.45, 2.75) is 31.8 Å². The minimum absolute atomic E-state index is 0.153. The Morgan fingerprint density at radius 2 is 2.00 bits per heavy atom. The lowest BCUT2D eigenvalue weighted by atomic mass is 10.00. The zero-order chi connectivity index (χ0) is 14.0. The molecule has 0 radical (unpaired) electrons. The van der Waals surface area contributed by atoms with E-state index in [0.29, 0.717) is 11.7 Å². The molecule has 1 aromatic rings. The molecule has 1 fully saturated rings. The van der Waals surface area contributed by atoms with Crippen LogP contribution in [0, 0.1) is 5.82 Å². The fourth-order valence-corrected chi connectivity index (χ4v) is 2.84. The lowest BCUT2D eigenvalue weighted by Crippen LogP contribution is -2.42. The van der Waals surface area contributed by atoms with Crippen molar-refractivity contribution in [2.24, 2.45) is 5.73 Å². The number of hydrogen-bond donors (Lipinski definition) is 1. The molecule has 1 aromatic carbocycles. The van der Waals surface area contributed by atoms with Crippen LogP contribution in [0.5, 0.6) is 0 Å². The van der Waals surface area contributed by atoms with Gasteiger partial charge in [-0.2, -0.15) is 0 Å². The molecule has 2 N–H and O–H groups in total. The van der Waals surface area contributed by atoms with Crippen molar-refractivity contribution in [3.8, 4) is 0 Å². The average Bonchev–Trinajstić information content (AvgIpc) is 2.38. The summed E-state index contributed by atoms with van der Waals surface area (Å²) in [6.45, 7) is 4.04. The molecule has 0 aliphatic carbocycles. The molecular weight excluding hydrogens is 241 g/mol. The molecule has 1 aliphatic heterocycles. The summed E-state index contributed by atoms with van der Waals surface area (Å²) in [6, 6.07) is 5.42. The van der Waals surface area contributed by atoms with Crippen LogP contribution in [-0.2, 0) is 0 Å². The molecule has 1 heterocycles. The number of benzene rings is 1. The molecule has 0 aromatic heterocycles. The van der Waals surface area contributed by atoms with E-state index in [9.17, 15) is 4.39 Å². The van der Waals surface area contributed by atoms with Gasteiger partial charge in [-0.3, -0.25) is 0 Å². The van der Waals surface area contributed by atoms with Crippen molar-refractivity contribution >= 4 is 5.69 Å². The number of para-hydroxylation sites is 1. The number of nitrogens with two attached hydrogens (primary N) is 1. The van der Waals surface area contributed by atoms with Crippen molar-refractivity contribution in [1.82, 2.24) is 4.90 Å². The van der Waals surface area contributed by atoms with Gasteiger partial charge >= 0.3 is 0 Å². The lowest BCUT2D eigenvalue weighted by Gasteiger charge is -2.37. The average molecular weight is 265 g/mol. The van der Waals surface area contributed by atoms with Gasteiger partial charge in [0.2, 0.25) is 0 Å². The highest BCUT2D eigenvalue weighted by molar-refractivity contribution is 5.56. The number of likely N-dealkylation sites (tertiary alicyclic amines) is 1. The maximum atomic E-state index is 14.2. The van der Waals surface area contributed by atoms with Crippen molar-refractivity contribution in [3.63, 3.8) is 0 Å². The van der Waals surface area contributed by atoms with Crippen LogP contribution in [0.1, 0.15) is 31.4 Å². The SMILES string of the molecule is CC(N)c1cccc(F)c1N(C)C1CCN(C)CC1. The number of nitrogens with zero attached hydrogens (tertiary/aromatic N) is 2. The van der Waals surface area contributed by atoms with E-state index in [4.69, 9.17) is 5.73 Å². The second-order valence-corrected chi connectivity index (χ2v) is 5.61. The Morgan fingerprint density at radius 3 is 2.58 bits per heavy atom. The summed E-state index contributed by atoms with van der Waals surface area (Å²) in [6.07, 6.45) is 2.14. The van der Waals surface area contributed by atoms with Gasteiger partial charge in [-0.15, -0.1) is 0 Å². The van der Waals surface area contributed by atoms with Gasteiger partial charge < -0.3 is 15.5 Å². The predicted octanol–water partition coefficient (Wildman–Crippen LogP) is 2.38. The second kappa shape index (κ2) is 5.88. The normalized spacial score (nSPS) is 19.4. The summed E-state index contributed by atoms with van der Waals surface area (Å²) < 4.78 is 14.2. The van der Waals surface area contributed by atoms with Crippen LogP contribution in [-0.4, -0.2) is 38.1 Å². The maximum absolute atomic E-state index is 14.2. The molecule has 1 aliphatic rings. The predicted molar refractivity (Wildman–Crippen MR) is 77.9 cm³/mol. The van der Waals surface area contributed by atoms with Crippen LogP contribution in [0.25, 0.3) is 0 Å². The Morgan fingerprint density at radius 1 is 1.37 bits per heavy atom. The highest BCUT2D eigenvalue weighted by Gasteiger charge is 2.24. The van der Waals surface area contributed by atoms with E-state index in [1.807, 2.05) is 20.0 Å². The van der Waals surface area contributed by atoms with E-state index in [0.717, 1.165) is 31.5 Å². The van der Waals surface area contributed by atoms with Crippen LogP contribution in [0.4, 0.5) is 10.1 Å². The first-order chi connectivity index (χ1) is 9.00. The van der Waals surface area contributed by atoms with E-state index >= 15 is 0 Å². The van der Waals surface area contributed by atoms with E-state index in [-0.39, 0.29) is 11.9 Å². The summed E-state index contributed by atoms with van der Waals surface area (Å²) in [5, 5.41) is 0. The van der Waals surface area contributed by atoms with Crippen molar-refractivity contribution in [3.05, 3.63) is 29.6 Å². The smallest absolute Gasteiger partial charge is 0.146 e. The van der Waals surface area contributed by atoms with E-state index in [1.54, 1.807) is 6.07 Å². The first-order valence-electron chi connectivity index (χ1n) is 6.96. The number of anilines is 1. The van der Waals surface area contributed by atoms with Crippen LogP contribution < -0.4 is 10.6 Å². The summed E-state index contributed by atoms with van der Waals surface area (Å²) in [5.41, 5.74) is 7.53.